The number of aliphatic imine (C=N–C) groups is 1. The molecule has 2 aliphatic rings. The van der Waals surface area contributed by atoms with Crippen LogP contribution >= 0.6 is 0 Å². The van der Waals surface area contributed by atoms with Crippen LogP contribution in [0.1, 0.15) is 65.7 Å². The van der Waals surface area contributed by atoms with Crippen molar-refractivity contribution in [2.75, 3.05) is 52.4 Å². The van der Waals surface area contributed by atoms with E-state index in [2.05, 4.69) is 31.0 Å². The van der Waals surface area contributed by atoms with Crippen molar-refractivity contribution >= 4 is 17.8 Å². The standard InChI is InChI=1S/C22H41N5O2/c1-4-23-22(27-12-8-9-13-27)24-11-7-5-6-10-20(28)25-14-16-26(17-15-25)21(29)18-19(2)3/h19H,4-18H2,1-3H3,(H,23,24). The molecular formula is C22H41N5O2. The Balaban J connectivity index is 1.59. The molecule has 29 heavy (non-hydrogen) atoms. The smallest absolute Gasteiger partial charge is 0.222 e. The van der Waals surface area contributed by atoms with Gasteiger partial charge in [0.1, 0.15) is 0 Å². The van der Waals surface area contributed by atoms with Crippen LogP contribution in [-0.4, -0.2) is 84.8 Å². The van der Waals surface area contributed by atoms with Gasteiger partial charge in [0.15, 0.2) is 5.96 Å². The van der Waals surface area contributed by atoms with Crippen LogP contribution in [0.5, 0.6) is 0 Å². The second-order valence-corrected chi connectivity index (χ2v) is 8.60. The average molecular weight is 408 g/mol. The number of amides is 2. The van der Waals surface area contributed by atoms with Gasteiger partial charge < -0.3 is 20.0 Å². The van der Waals surface area contributed by atoms with E-state index in [0.717, 1.165) is 51.4 Å². The highest BCUT2D eigenvalue weighted by Gasteiger charge is 2.24. The zero-order valence-corrected chi connectivity index (χ0v) is 18.8. The maximum atomic E-state index is 12.4. The number of nitrogens with zero attached hydrogens (tertiary/aromatic N) is 4. The van der Waals surface area contributed by atoms with Gasteiger partial charge in [-0.25, -0.2) is 0 Å². The second-order valence-electron chi connectivity index (χ2n) is 8.60. The molecule has 0 radical (unpaired) electrons. The van der Waals surface area contributed by atoms with Crippen molar-refractivity contribution in [3.05, 3.63) is 0 Å². The second kappa shape index (κ2) is 12.7. The number of guanidine groups is 1. The van der Waals surface area contributed by atoms with E-state index in [4.69, 9.17) is 4.99 Å². The Labute approximate surface area is 176 Å². The van der Waals surface area contributed by atoms with Gasteiger partial charge in [0.25, 0.3) is 0 Å². The van der Waals surface area contributed by atoms with Crippen molar-refractivity contribution in [3.8, 4) is 0 Å². The van der Waals surface area contributed by atoms with E-state index < -0.39 is 0 Å². The van der Waals surface area contributed by atoms with Gasteiger partial charge in [-0.1, -0.05) is 20.3 Å². The predicted molar refractivity (Wildman–Crippen MR) is 118 cm³/mol. The third-order valence-electron chi connectivity index (χ3n) is 5.62. The molecule has 166 valence electrons. The summed E-state index contributed by atoms with van der Waals surface area (Å²) in [5.74, 6) is 1.88. The fraction of sp³-hybridized carbons (Fsp3) is 0.864. The quantitative estimate of drug-likeness (QED) is 0.362. The normalized spacial score (nSPS) is 17.9. The summed E-state index contributed by atoms with van der Waals surface area (Å²) in [5.41, 5.74) is 0. The highest BCUT2D eigenvalue weighted by molar-refractivity contribution is 5.80. The van der Waals surface area contributed by atoms with Crippen molar-refractivity contribution in [2.45, 2.75) is 65.7 Å². The molecule has 2 amide bonds. The molecule has 0 aliphatic carbocycles. The number of carbonyl (C=O) groups excluding carboxylic acids is 2. The fourth-order valence-corrected chi connectivity index (χ4v) is 3.95. The minimum atomic E-state index is 0.221. The molecule has 0 aromatic heterocycles. The monoisotopic (exact) mass is 407 g/mol. The molecule has 2 heterocycles. The Kier molecular flexibility index (Phi) is 10.3. The highest BCUT2D eigenvalue weighted by Crippen LogP contribution is 2.11. The molecule has 0 atom stereocenters. The van der Waals surface area contributed by atoms with Crippen molar-refractivity contribution in [3.63, 3.8) is 0 Å². The Morgan fingerprint density at radius 2 is 1.48 bits per heavy atom. The van der Waals surface area contributed by atoms with Crippen LogP contribution in [0.3, 0.4) is 0 Å². The van der Waals surface area contributed by atoms with E-state index >= 15 is 0 Å². The molecule has 2 fully saturated rings. The van der Waals surface area contributed by atoms with Crippen LogP contribution in [0, 0.1) is 5.92 Å². The van der Waals surface area contributed by atoms with Crippen LogP contribution in [0.2, 0.25) is 0 Å². The lowest BCUT2D eigenvalue weighted by Gasteiger charge is -2.35. The Morgan fingerprint density at radius 3 is 2.07 bits per heavy atom. The predicted octanol–water partition coefficient (Wildman–Crippen LogP) is 2.33. The summed E-state index contributed by atoms with van der Waals surface area (Å²) in [6.07, 6.45) is 6.69. The fourth-order valence-electron chi connectivity index (χ4n) is 3.95. The molecule has 1 N–H and O–H groups in total. The molecule has 7 heteroatoms. The maximum Gasteiger partial charge on any atom is 0.222 e. The van der Waals surface area contributed by atoms with Crippen molar-refractivity contribution in [1.82, 2.24) is 20.0 Å². The van der Waals surface area contributed by atoms with Crippen LogP contribution in [0.15, 0.2) is 4.99 Å². The van der Waals surface area contributed by atoms with E-state index in [0.29, 0.717) is 44.9 Å². The summed E-state index contributed by atoms with van der Waals surface area (Å²) in [6.45, 7) is 12.9. The number of rotatable bonds is 9. The summed E-state index contributed by atoms with van der Waals surface area (Å²) in [5, 5.41) is 3.39. The zero-order chi connectivity index (χ0) is 21.1. The van der Waals surface area contributed by atoms with Gasteiger partial charge in [-0.05, 0) is 38.5 Å². The van der Waals surface area contributed by atoms with Gasteiger partial charge in [0.2, 0.25) is 11.8 Å². The molecule has 0 spiro atoms. The van der Waals surface area contributed by atoms with Gasteiger partial charge >= 0.3 is 0 Å². The molecule has 2 aliphatic heterocycles. The largest absolute Gasteiger partial charge is 0.357 e. The van der Waals surface area contributed by atoms with Gasteiger partial charge in [0, 0.05) is 65.2 Å². The summed E-state index contributed by atoms with van der Waals surface area (Å²) in [6, 6.07) is 0. The molecule has 0 saturated carbocycles. The van der Waals surface area contributed by atoms with Gasteiger partial charge in [-0.15, -0.1) is 0 Å². The first kappa shape index (κ1) is 23.5. The number of unbranched alkanes of at least 4 members (excludes halogenated alkanes) is 2. The van der Waals surface area contributed by atoms with Crippen LogP contribution < -0.4 is 5.32 Å². The van der Waals surface area contributed by atoms with Gasteiger partial charge in [-0.3, -0.25) is 14.6 Å². The van der Waals surface area contributed by atoms with Crippen LogP contribution in [0.4, 0.5) is 0 Å². The third-order valence-corrected chi connectivity index (χ3v) is 5.62. The summed E-state index contributed by atoms with van der Waals surface area (Å²) in [4.78, 5) is 35.5. The number of hydrogen-bond donors (Lipinski definition) is 1. The van der Waals surface area contributed by atoms with Crippen molar-refractivity contribution in [1.29, 1.82) is 0 Å². The molecule has 0 unspecified atom stereocenters. The van der Waals surface area contributed by atoms with E-state index in [1.807, 2.05) is 9.80 Å². The lowest BCUT2D eigenvalue weighted by atomic mass is 10.1. The molecule has 2 rings (SSSR count). The summed E-state index contributed by atoms with van der Waals surface area (Å²) < 4.78 is 0. The third kappa shape index (κ3) is 8.23. The van der Waals surface area contributed by atoms with Gasteiger partial charge in [-0.2, -0.15) is 0 Å². The number of hydrogen-bond acceptors (Lipinski definition) is 3. The lowest BCUT2D eigenvalue weighted by Crippen LogP contribution is -2.50. The van der Waals surface area contributed by atoms with E-state index in [9.17, 15) is 9.59 Å². The molecule has 0 aromatic rings. The first-order valence-corrected chi connectivity index (χ1v) is 11.6. The Bertz CT molecular complexity index is 535. The average Bonchev–Trinajstić information content (AvgIpc) is 3.24. The maximum absolute atomic E-state index is 12.4. The Morgan fingerprint density at radius 1 is 0.862 bits per heavy atom. The Hall–Kier alpha value is -1.79. The SMILES string of the molecule is CCNC(=NCCCCCC(=O)N1CCN(C(=O)CC(C)C)CC1)N1CCCC1. The molecule has 0 aromatic carbocycles. The minimum Gasteiger partial charge on any atom is -0.357 e. The molecule has 2 saturated heterocycles. The number of carbonyl (C=O) groups is 2. The van der Waals surface area contributed by atoms with Crippen molar-refractivity contribution < 1.29 is 9.59 Å². The van der Waals surface area contributed by atoms with Gasteiger partial charge in [0.05, 0.1) is 0 Å². The highest BCUT2D eigenvalue weighted by atomic mass is 16.2. The first-order chi connectivity index (χ1) is 14.0. The van der Waals surface area contributed by atoms with E-state index in [1.54, 1.807) is 0 Å². The minimum absolute atomic E-state index is 0.221. The van der Waals surface area contributed by atoms with E-state index in [1.165, 1.54) is 12.8 Å². The van der Waals surface area contributed by atoms with Crippen molar-refractivity contribution in [2.24, 2.45) is 10.9 Å². The molecule has 0 bridgehead atoms. The lowest BCUT2D eigenvalue weighted by molar-refractivity contribution is -0.140. The summed E-state index contributed by atoms with van der Waals surface area (Å²) >= 11 is 0. The van der Waals surface area contributed by atoms with Crippen LogP contribution in [0.25, 0.3) is 0 Å². The first-order valence-electron chi connectivity index (χ1n) is 11.6. The van der Waals surface area contributed by atoms with Crippen LogP contribution in [-0.2, 0) is 9.59 Å². The molecule has 7 nitrogen and oxygen atoms in total. The number of piperazine rings is 1. The topological polar surface area (TPSA) is 68.2 Å². The number of nitrogens with one attached hydrogen (secondary N) is 1. The summed E-state index contributed by atoms with van der Waals surface area (Å²) in [7, 11) is 0. The van der Waals surface area contributed by atoms with E-state index in [-0.39, 0.29) is 11.8 Å². The zero-order valence-electron chi connectivity index (χ0n) is 18.8. The molecular weight excluding hydrogens is 366 g/mol. The number of likely N-dealkylation sites (tertiary alicyclic amines) is 1.